The number of H-pyrrole nitrogens is 1. The molecule has 140 valence electrons. The van der Waals surface area contributed by atoms with Crippen LogP contribution >= 0.6 is 0 Å². The average molecular weight is 370 g/mol. The first-order valence-corrected chi connectivity index (χ1v) is 7.50. The number of hydrogen-bond acceptors (Lipinski definition) is 4. The van der Waals surface area contributed by atoms with E-state index in [1.54, 1.807) is 30.1 Å². The Morgan fingerprint density at radius 2 is 1.85 bits per heavy atom. The van der Waals surface area contributed by atoms with E-state index in [-0.39, 0.29) is 0 Å². The Bertz CT molecular complexity index is 862. The van der Waals surface area contributed by atoms with Crippen molar-refractivity contribution >= 4 is 5.91 Å². The molecular formula is C17H17F3N2O4. The maximum atomic E-state index is 12.6. The van der Waals surface area contributed by atoms with E-state index in [0.29, 0.717) is 23.1 Å². The molecule has 1 atom stereocenters. The highest BCUT2D eigenvalue weighted by Gasteiger charge is 2.32. The summed E-state index contributed by atoms with van der Waals surface area (Å²) >= 11 is 0. The zero-order valence-electron chi connectivity index (χ0n) is 14.2. The van der Waals surface area contributed by atoms with E-state index in [2.05, 4.69) is 5.32 Å². The third kappa shape index (κ3) is 4.16. The number of carbonyl (C=O) groups excluding carboxylic acids is 1. The van der Waals surface area contributed by atoms with Gasteiger partial charge in [-0.3, -0.25) is 9.59 Å². The summed E-state index contributed by atoms with van der Waals surface area (Å²) in [5.74, 6) is 0.214. The van der Waals surface area contributed by atoms with Crippen molar-refractivity contribution in [3.63, 3.8) is 0 Å². The van der Waals surface area contributed by atoms with E-state index in [9.17, 15) is 22.8 Å². The average Bonchev–Trinajstić information content (AvgIpc) is 2.59. The Balaban J connectivity index is 2.26. The fourth-order valence-electron chi connectivity index (χ4n) is 2.35. The van der Waals surface area contributed by atoms with E-state index in [1.807, 2.05) is 0 Å². The minimum atomic E-state index is -4.70. The van der Waals surface area contributed by atoms with Gasteiger partial charge in [0, 0.05) is 5.56 Å². The number of hydrogen-bond donors (Lipinski definition) is 2. The van der Waals surface area contributed by atoms with Crippen molar-refractivity contribution in [3.8, 4) is 11.5 Å². The number of halogens is 3. The van der Waals surface area contributed by atoms with Gasteiger partial charge in [-0.2, -0.15) is 13.2 Å². The zero-order valence-corrected chi connectivity index (χ0v) is 14.2. The number of aromatic nitrogens is 1. The lowest BCUT2D eigenvalue weighted by atomic mass is 10.1. The first kappa shape index (κ1) is 19.4. The molecule has 0 unspecified atom stereocenters. The Hall–Kier alpha value is -2.97. The number of ether oxygens (including phenoxy) is 2. The van der Waals surface area contributed by atoms with Crippen molar-refractivity contribution in [1.82, 2.24) is 10.3 Å². The lowest BCUT2D eigenvalue weighted by Gasteiger charge is -2.18. The third-order valence-corrected chi connectivity index (χ3v) is 3.71. The quantitative estimate of drug-likeness (QED) is 0.848. The normalized spacial score (nSPS) is 12.4. The summed E-state index contributed by atoms with van der Waals surface area (Å²) in [5.41, 5.74) is -2.18. The van der Waals surface area contributed by atoms with Crippen LogP contribution in [0.25, 0.3) is 0 Å². The number of carbonyl (C=O) groups is 1. The molecule has 0 fully saturated rings. The minimum absolute atomic E-state index is 0.424. The van der Waals surface area contributed by atoms with Gasteiger partial charge in [0.25, 0.3) is 11.5 Å². The van der Waals surface area contributed by atoms with Gasteiger partial charge in [0.05, 0.1) is 20.3 Å². The highest BCUT2D eigenvalue weighted by Crippen LogP contribution is 2.29. The van der Waals surface area contributed by atoms with Gasteiger partial charge in [0.2, 0.25) is 0 Å². The second-order valence-electron chi connectivity index (χ2n) is 5.42. The molecule has 1 aromatic carbocycles. The van der Waals surface area contributed by atoms with Crippen LogP contribution in [0, 0.1) is 0 Å². The van der Waals surface area contributed by atoms with E-state index in [4.69, 9.17) is 9.47 Å². The van der Waals surface area contributed by atoms with Crippen molar-refractivity contribution in [1.29, 1.82) is 0 Å². The Labute approximate surface area is 146 Å². The smallest absolute Gasteiger partial charge is 0.431 e. The van der Waals surface area contributed by atoms with Crippen molar-refractivity contribution in [2.75, 3.05) is 14.2 Å². The Morgan fingerprint density at radius 1 is 1.15 bits per heavy atom. The predicted octanol–water partition coefficient (Wildman–Crippen LogP) is 2.90. The highest BCUT2D eigenvalue weighted by molar-refractivity contribution is 5.94. The number of nitrogens with one attached hydrogen (secondary N) is 2. The molecule has 0 bridgehead atoms. The van der Waals surface area contributed by atoms with Gasteiger partial charge >= 0.3 is 6.18 Å². The summed E-state index contributed by atoms with van der Waals surface area (Å²) in [7, 11) is 2.94. The number of amides is 1. The molecule has 0 saturated carbocycles. The molecule has 0 radical (unpaired) electrons. The van der Waals surface area contributed by atoms with E-state index >= 15 is 0 Å². The van der Waals surface area contributed by atoms with Crippen LogP contribution in [0.2, 0.25) is 0 Å². The molecule has 1 aromatic heterocycles. The van der Waals surface area contributed by atoms with E-state index in [1.165, 1.54) is 14.2 Å². The molecule has 0 aliphatic carbocycles. The van der Waals surface area contributed by atoms with Crippen LogP contribution in [-0.2, 0) is 6.18 Å². The molecule has 0 saturated heterocycles. The number of methoxy groups -OCH3 is 2. The van der Waals surface area contributed by atoms with Gasteiger partial charge in [-0.1, -0.05) is 0 Å². The van der Waals surface area contributed by atoms with Crippen molar-refractivity contribution in [2.45, 2.75) is 19.1 Å². The number of pyridine rings is 1. The fraction of sp³-hybridized carbons (Fsp3) is 0.294. The monoisotopic (exact) mass is 370 g/mol. The highest BCUT2D eigenvalue weighted by atomic mass is 19.4. The number of alkyl halides is 3. The zero-order chi connectivity index (χ0) is 19.5. The summed E-state index contributed by atoms with van der Waals surface area (Å²) in [6.45, 7) is 1.65. The lowest BCUT2D eigenvalue weighted by Crippen LogP contribution is -2.32. The first-order valence-electron chi connectivity index (χ1n) is 7.50. The second-order valence-corrected chi connectivity index (χ2v) is 5.42. The van der Waals surface area contributed by atoms with Crippen LogP contribution in [0.1, 0.15) is 34.6 Å². The molecule has 2 N–H and O–H groups in total. The van der Waals surface area contributed by atoms with Crippen LogP contribution in [0.3, 0.4) is 0 Å². The maximum absolute atomic E-state index is 12.6. The lowest BCUT2D eigenvalue weighted by molar-refractivity contribution is -0.141. The number of rotatable bonds is 5. The molecule has 6 nitrogen and oxygen atoms in total. The van der Waals surface area contributed by atoms with Crippen LogP contribution in [0.4, 0.5) is 13.2 Å². The molecule has 1 heterocycles. The third-order valence-electron chi connectivity index (χ3n) is 3.71. The van der Waals surface area contributed by atoms with Gasteiger partial charge in [-0.15, -0.1) is 0 Å². The summed E-state index contributed by atoms with van der Waals surface area (Å²) in [5, 5.41) is 2.56. The Morgan fingerprint density at radius 3 is 2.38 bits per heavy atom. The first-order chi connectivity index (χ1) is 12.2. The largest absolute Gasteiger partial charge is 0.497 e. The van der Waals surface area contributed by atoms with Gasteiger partial charge in [0.1, 0.15) is 22.8 Å². The van der Waals surface area contributed by atoms with Crippen molar-refractivity contribution in [3.05, 3.63) is 57.5 Å². The van der Waals surface area contributed by atoms with Gasteiger partial charge in [-0.25, -0.2) is 0 Å². The number of aromatic amines is 1. The molecule has 2 aromatic rings. The second kappa shape index (κ2) is 7.51. The number of benzene rings is 1. The standard InChI is InChI=1S/C17H17F3N2O4/c1-9(12-8-10(25-2)4-6-13(12)26-3)21-15(23)11-5-7-14(17(18,19)20)22-16(11)24/h4-9H,1-3H3,(H,21,23)(H,22,24)/t9-/m0/s1. The molecule has 2 rings (SSSR count). The summed E-state index contributed by atoms with van der Waals surface area (Å²) in [4.78, 5) is 25.8. The predicted molar refractivity (Wildman–Crippen MR) is 87.5 cm³/mol. The SMILES string of the molecule is COc1ccc(OC)c([C@H](C)NC(=O)c2ccc(C(F)(F)F)[nH]c2=O)c1. The maximum Gasteiger partial charge on any atom is 0.431 e. The van der Waals surface area contributed by atoms with E-state index in [0.717, 1.165) is 6.07 Å². The molecular weight excluding hydrogens is 353 g/mol. The van der Waals surface area contributed by atoms with Gasteiger partial charge < -0.3 is 19.8 Å². The molecule has 9 heteroatoms. The molecule has 0 aliphatic rings. The topological polar surface area (TPSA) is 80.4 Å². The summed E-state index contributed by atoms with van der Waals surface area (Å²) in [6, 6.07) is 5.88. The van der Waals surface area contributed by atoms with Gasteiger partial charge in [-0.05, 0) is 37.3 Å². The van der Waals surface area contributed by atoms with Crippen LogP contribution in [0.15, 0.2) is 35.1 Å². The van der Waals surface area contributed by atoms with Crippen LogP contribution < -0.4 is 20.3 Å². The molecule has 0 aliphatic heterocycles. The van der Waals surface area contributed by atoms with Crippen LogP contribution in [-0.4, -0.2) is 25.1 Å². The minimum Gasteiger partial charge on any atom is -0.497 e. The molecule has 0 spiro atoms. The van der Waals surface area contributed by atoms with Crippen molar-refractivity contribution < 1.29 is 27.4 Å². The molecule has 1 amide bonds. The summed E-state index contributed by atoms with van der Waals surface area (Å²) < 4.78 is 48.1. The molecule has 26 heavy (non-hydrogen) atoms. The Kier molecular flexibility index (Phi) is 5.59. The van der Waals surface area contributed by atoms with Gasteiger partial charge in [0.15, 0.2) is 0 Å². The fourth-order valence-corrected chi connectivity index (χ4v) is 2.35. The van der Waals surface area contributed by atoms with Crippen LogP contribution in [0.5, 0.6) is 11.5 Å². The summed E-state index contributed by atoms with van der Waals surface area (Å²) in [6.07, 6.45) is -4.70. The van der Waals surface area contributed by atoms with E-state index < -0.39 is 34.9 Å². The van der Waals surface area contributed by atoms with Crippen molar-refractivity contribution in [2.24, 2.45) is 0 Å².